The van der Waals surface area contributed by atoms with Crippen LogP contribution < -0.4 is 5.32 Å². The van der Waals surface area contributed by atoms with E-state index in [0.717, 1.165) is 10.8 Å². The molecule has 0 heterocycles. The fraction of sp³-hybridized carbons (Fsp3) is 0.136. The number of aliphatic hydroxyl groups excluding tert-OH is 2. The summed E-state index contributed by atoms with van der Waals surface area (Å²) < 4.78 is 13.6. The molecule has 4 nitrogen and oxygen atoms in total. The lowest BCUT2D eigenvalue weighted by atomic mass is 9.98. The van der Waals surface area contributed by atoms with Crippen molar-refractivity contribution in [2.45, 2.75) is 12.1 Å². The van der Waals surface area contributed by atoms with Gasteiger partial charge >= 0.3 is 0 Å². The van der Waals surface area contributed by atoms with Crippen molar-refractivity contribution in [1.29, 1.82) is 0 Å². The van der Waals surface area contributed by atoms with Crippen molar-refractivity contribution >= 4 is 22.8 Å². The van der Waals surface area contributed by atoms with Gasteiger partial charge in [0, 0.05) is 11.6 Å². The second-order valence-electron chi connectivity index (χ2n) is 6.20. The van der Waals surface area contributed by atoms with E-state index in [0.29, 0.717) is 5.56 Å². The molecule has 5 heteroatoms. The molecule has 3 aromatic carbocycles. The average Bonchev–Trinajstić information content (AvgIpc) is 2.70. The first kappa shape index (κ1) is 18.8. The van der Waals surface area contributed by atoms with Crippen LogP contribution in [0.5, 0.6) is 0 Å². The number of halogens is 1. The Morgan fingerprint density at radius 3 is 2.48 bits per heavy atom. The molecule has 0 saturated heterocycles. The Morgan fingerprint density at radius 2 is 1.74 bits per heavy atom. The van der Waals surface area contributed by atoms with E-state index in [2.05, 4.69) is 5.32 Å². The van der Waals surface area contributed by atoms with Crippen LogP contribution in [0.3, 0.4) is 0 Å². The Morgan fingerprint density at radius 1 is 1.04 bits per heavy atom. The van der Waals surface area contributed by atoms with Crippen LogP contribution in [-0.2, 0) is 4.79 Å². The highest BCUT2D eigenvalue weighted by molar-refractivity contribution is 5.92. The fourth-order valence-corrected chi connectivity index (χ4v) is 2.89. The zero-order valence-electron chi connectivity index (χ0n) is 14.5. The number of benzene rings is 3. The highest BCUT2D eigenvalue weighted by Crippen LogP contribution is 2.23. The smallest absolute Gasteiger partial charge is 0.244 e. The number of rotatable bonds is 6. The zero-order chi connectivity index (χ0) is 19.2. The fourth-order valence-electron chi connectivity index (χ4n) is 2.89. The molecule has 1 amide bonds. The summed E-state index contributed by atoms with van der Waals surface area (Å²) in [5.41, 5.74) is 0.959. The molecular formula is C22H20FNO3. The largest absolute Gasteiger partial charge is 0.394 e. The second kappa shape index (κ2) is 8.58. The van der Waals surface area contributed by atoms with Gasteiger partial charge in [-0.2, -0.15) is 0 Å². The minimum Gasteiger partial charge on any atom is -0.394 e. The quantitative estimate of drug-likeness (QED) is 0.588. The molecule has 0 aliphatic heterocycles. The predicted octanol–water partition coefficient (Wildman–Crippen LogP) is 3.20. The van der Waals surface area contributed by atoms with E-state index < -0.39 is 30.5 Å². The molecule has 138 valence electrons. The summed E-state index contributed by atoms with van der Waals surface area (Å²) in [7, 11) is 0. The number of nitrogens with one attached hydrogen (secondary N) is 1. The van der Waals surface area contributed by atoms with Gasteiger partial charge in [-0.05, 0) is 34.5 Å². The Kier molecular flexibility index (Phi) is 5.96. The van der Waals surface area contributed by atoms with Crippen molar-refractivity contribution < 1.29 is 19.4 Å². The lowest BCUT2D eigenvalue weighted by Crippen LogP contribution is -2.37. The first-order valence-corrected chi connectivity index (χ1v) is 8.59. The number of fused-ring (bicyclic) bond motifs is 1. The highest BCUT2D eigenvalue weighted by atomic mass is 19.1. The molecule has 3 N–H and O–H groups in total. The summed E-state index contributed by atoms with van der Waals surface area (Å²) in [5, 5.41) is 24.2. The van der Waals surface area contributed by atoms with Gasteiger partial charge in [-0.1, -0.05) is 54.6 Å². The minimum atomic E-state index is -1.17. The maximum Gasteiger partial charge on any atom is 0.244 e. The van der Waals surface area contributed by atoms with Crippen molar-refractivity contribution in [3.63, 3.8) is 0 Å². The first-order valence-electron chi connectivity index (χ1n) is 8.59. The summed E-state index contributed by atoms with van der Waals surface area (Å²) in [6.07, 6.45) is 1.40. The second-order valence-corrected chi connectivity index (χ2v) is 6.20. The van der Waals surface area contributed by atoms with Crippen LogP contribution in [0.2, 0.25) is 0 Å². The van der Waals surface area contributed by atoms with Crippen molar-refractivity contribution in [2.24, 2.45) is 0 Å². The molecular weight excluding hydrogens is 345 g/mol. The molecule has 0 aromatic heterocycles. The van der Waals surface area contributed by atoms with Crippen molar-refractivity contribution in [2.75, 3.05) is 6.61 Å². The summed E-state index contributed by atoms with van der Waals surface area (Å²) in [4.78, 5) is 12.3. The number of carbonyl (C=O) groups excluding carboxylic acids is 1. The molecule has 3 rings (SSSR count). The summed E-state index contributed by atoms with van der Waals surface area (Å²) in [6, 6.07) is 18.6. The van der Waals surface area contributed by atoms with E-state index in [9.17, 15) is 19.4 Å². The van der Waals surface area contributed by atoms with E-state index >= 15 is 0 Å². The van der Waals surface area contributed by atoms with Gasteiger partial charge in [0.25, 0.3) is 0 Å². The molecule has 27 heavy (non-hydrogen) atoms. The van der Waals surface area contributed by atoms with Gasteiger partial charge in [0.2, 0.25) is 5.91 Å². The number of hydrogen-bond donors (Lipinski definition) is 3. The zero-order valence-corrected chi connectivity index (χ0v) is 14.5. The van der Waals surface area contributed by atoms with Gasteiger partial charge in [-0.3, -0.25) is 4.79 Å². The van der Waals surface area contributed by atoms with E-state index in [-0.39, 0.29) is 5.56 Å². The third kappa shape index (κ3) is 4.58. The summed E-state index contributed by atoms with van der Waals surface area (Å²) in [5.74, 6) is -0.924. The molecule has 0 spiro atoms. The lowest BCUT2D eigenvalue weighted by molar-refractivity contribution is -0.118. The van der Waals surface area contributed by atoms with Gasteiger partial charge in [0.1, 0.15) is 11.9 Å². The van der Waals surface area contributed by atoms with Gasteiger partial charge in [0.15, 0.2) is 0 Å². The number of carbonyl (C=O) groups is 1. The molecule has 2 unspecified atom stereocenters. The van der Waals surface area contributed by atoms with Crippen LogP contribution >= 0.6 is 0 Å². The van der Waals surface area contributed by atoms with E-state index in [1.165, 1.54) is 18.2 Å². The molecule has 0 saturated carbocycles. The predicted molar refractivity (Wildman–Crippen MR) is 103 cm³/mol. The molecule has 0 aliphatic carbocycles. The Labute approximate surface area is 156 Å². The Balaban J connectivity index is 1.82. The Bertz CT molecular complexity index is 970. The molecule has 0 radical (unpaired) electrons. The number of aliphatic hydroxyl groups is 2. The summed E-state index contributed by atoms with van der Waals surface area (Å²) in [6.45, 7) is -0.505. The van der Waals surface area contributed by atoms with Gasteiger partial charge in [-0.25, -0.2) is 4.39 Å². The monoisotopic (exact) mass is 365 g/mol. The van der Waals surface area contributed by atoms with E-state index in [1.807, 2.05) is 36.4 Å². The van der Waals surface area contributed by atoms with Crippen LogP contribution in [0.1, 0.15) is 17.2 Å². The third-order valence-corrected chi connectivity index (χ3v) is 4.32. The minimum absolute atomic E-state index is 0.289. The molecule has 0 fully saturated rings. The van der Waals surface area contributed by atoms with Crippen molar-refractivity contribution in [3.8, 4) is 0 Å². The number of amides is 1. The topological polar surface area (TPSA) is 69.6 Å². The van der Waals surface area contributed by atoms with Crippen molar-refractivity contribution in [1.82, 2.24) is 5.32 Å². The van der Waals surface area contributed by atoms with Gasteiger partial charge < -0.3 is 15.5 Å². The summed E-state index contributed by atoms with van der Waals surface area (Å²) >= 11 is 0. The van der Waals surface area contributed by atoms with Gasteiger partial charge in [-0.15, -0.1) is 0 Å². The molecule has 2 atom stereocenters. The standard InChI is InChI=1S/C22H20FNO3/c23-19-8-4-3-6-16(19)11-12-21(27)24-22(20(26)14-25)18-10-9-15-5-1-2-7-17(15)13-18/h1-13,20,22,25-26H,14H2,(H,24,27)/b12-11+. The van der Waals surface area contributed by atoms with Crippen LogP contribution in [0.4, 0.5) is 4.39 Å². The first-order chi connectivity index (χ1) is 13.1. The van der Waals surface area contributed by atoms with Gasteiger partial charge in [0.05, 0.1) is 12.6 Å². The molecule has 0 aliphatic rings. The van der Waals surface area contributed by atoms with Crippen LogP contribution in [-0.4, -0.2) is 28.8 Å². The van der Waals surface area contributed by atoms with Crippen LogP contribution in [0, 0.1) is 5.82 Å². The third-order valence-electron chi connectivity index (χ3n) is 4.32. The normalized spacial score (nSPS) is 13.6. The number of hydrogen-bond acceptors (Lipinski definition) is 3. The SMILES string of the molecule is O=C(/C=C/c1ccccc1F)NC(c1ccc2ccccc2c1)C(O)CO. The molecule has 0 bridgehead atoms. The maximum absolute atomic E-state index is 13.6. The average molecular weight is 365 g/mol. The molecule has 3 aromatic rings. The maximum atomic E-state index is 13.6. The van der Waals surface area contributed by atoms with Crippen LogP contribution in [0.25, 0.3) is 16.8 Å². The lowest BCUT2D eigenvalue weighted by Gasteiger charge is -2.23. The van der Waals surface area contributed by atoms with Crippen molar-refractivity contribution in [3.05, 3.63) is 89.8 Å². The highest BCUT2D eigenvalue weighted by Gasteiger charge is 2.22. The Hall–Kier alpha value is -3.02. The van der Waals surface area contributed by atoms with E-state index in [4.69, 9.17) is 0 Å². The van der Waals surface area contributed by atoms with Crippen LogP contribution in [0.15, 0.2) is 72.8 Å². The van der Waals surface area contributed by atoms with E-state index in [1.54, 1.807) is 24.3 Å².